The van der Waals surface area contributed by atoms with E-state index in [9.17, 15) is 4.79 Å². The number of benzene rings is 1. The third-order valence-corrected chi connectivity index (χ3v) is 1.94. The van der Waals surface area contributed by atoms with Gasteiger partial charge in [0.05, 0.1) is 6.61 Å². The Morgan fingerprint density at radius 1 is 1.43 bits per heavy atom. The van der Waals surface area contributed by atoms with Gasteiger partial charge in [-0.3, -0.25) is 0 Å². The maximum Gasteiger partial charge on any atom is 0.365 e. The number of hydrogen-bond donors (Lipinski definition) is 1. The zero-order valence-electron chi connectivity index (χ0n) is 8.40. The Hall–Kier alpha value is -1.35. The van der Waals surface area contributed by atoms with E-state index in [-0.39, 0.29) is 12.0 Å². The molecule has 0 bridgehead atoms. The number of hydrogen-bond acceptors (Lipinski definition) is 2. The summed E-state index contributed by atoms with van der Waals surface area (Å²) < 4.78 is 4.87. The summed E-state index contributed by atoms with van der Waals surface area (Å²) in [7, 11) is 0. The molecule has 0 spiro atoms. The van der Waals surface area contributed by atoms with Crippen molar-refractivity contribution < 1.29 is 15.3 Å². The first-order valence-corrected chi connectivity index (χ1v) is 4.77. The minimum atomic E-state index is -0.308. The Morgan fingerprint density at radius 3 is 2.64 bits per heavy atom. The Morgan fingerprint density at radius 2 is 2.07 bits per heavy atom. The Bertz CT molecular complexity index is 285. The molecule has 0 heterocycles. The highest BCUT2D eigenvalue weighted by atomic mass is 16.5. The molecule has 14 heavy (non-hydrogen) atoms. The van der Waals surface area contributed by atoms with E-state index >= 15 is 0 Å². The number of rotatable bonds is 4. The van der Waals surface area contributed by atoms with Crippen molar-refractivity contribution in [2.24, 2.45) is 0 Å². The van der Waals surface area contributed by atoms with Crippen LogP contribution in [0.5, 0.6) is 0 Å². The van der Waals surface area contributed by atoms with Crippen LogP contribution in [0.25, 0.3) is 0 Å². The molecule has 0 saturated heterocycles. The van der Waals surface area contributed by atoms with E-state index in [2.05, 4.69) is 5.73 Å². The fourth-order valence-corrected chi connectivity index (χ4v) is 1.24. The molecule has 76 valence electrons. The molecule has 0 aliphatic carbocycles. The molecule has 3 heteroatoms. The van der Waals surface area contributed by atoms with Gasteiger partial charge in [-0.05, 0) is 12.5 Å². The lowest BCUT2D eigenvalue weighted by molar-refractivity contribution is -0.407. The fraction of sp³-hybridized carbons (Fsp3) is 0.364. The molecule has 0 aromatic heterocycles. The second kappa shape index (κ2) is 5.40. The van der Waals surface area contributed by atoms with Gasteiger partial charge in [0.1, 0.15) is 0 Å². The van der Waals surface area contributed by atoms with Crippen LogP contribution in [0.3, 0.4) is 0 Å². The molecule has 0 fully saturated rings. The molecule has 1 atom stereocenters. The van der Waals surface area contributed by atoms with Crippen molar-refractivity contribution in [1.29, 1.82) is 0 Å². The van der Waals surface area contributed by atoms with Gasteiger partial charge in [-0.15, -0.1) is 0 Å². The average molecular weight is 194 g/mol. The summed E-state index contributed by atoms with van der Waals surface area (Å²) in [4.78, 5) is 11.3. The summed E-state index contributed by atoms with van der Waals surface area (Å²) in [5.74, 6) is -0.226. The average Bonchev–Trinajstić information content (AvgIpc) is 2.19. The minimum absolute atomic E-state index is 0.226. The van der Waals surface area contributed by atoms with Crippen molar-refractivity contribution in [3.63, 3.8) is 0 Å². The molecular weight excluding hydrogens is 178 g/mol. The second-order valence-corrected chi connectivity index (χ2v) is 3.14. The van der Waals surface area contributed by atoms with E-state index in [1.165, 1.54) is 0 Å². The molecule has 0 aliphatic rings. The topological polar surface area (TPSA) is 53.9 Å². The minimum Gasteiger partial charge on any atom is -0.462 e. The monoisotopic (exact) mass is 194 g/mol. The van der Waals surface area contributed by atoms with Gasteiger partial charge in [0.25, 0.3) is 0 Å². The summed E-state index contributed by atoms with van der Waals surface area (Å²) in [6, 6.07) is 9.51. The van der Waals surface area contributed by atoms with Crippen molar-refractivity contribution >= 4 is 5.97 Å². The van der Waals surface area contributed by atoms with Gasteiger partial charge >= 0.3 is 5.97 Å². The van der Waals surface area contributed by atoms with Crippen molar-refractivity contribution in [3.05, 3.63) is 35.9 Å². The van der Waals surface area contributed by atoms with E-state index < -0.39 is 0 Å². The molecule has 0 radical (unpaired) electrons. The summed E-state index contributed by atoms with van der Waals surface area (Å²) in [5, 5.41) is 0. The lowest BCUT2D eigenvalue weighted by Crippen LogP contribution is -2.66. The van der Waals surface area contributed by atoms with Crippen molar-refractivity contribution in [2.45, 2.75) is 19.4 Å². The number of quaternary nitrogens is 1. The van der Waals surface area contributed by atoms with Crippen LogP contribution >= 0.6 is 0 Å². The molecule has 0 unspecified atom stereocenters. The molecule has 1 aromatic rings. The smallest absolute Gasteiger partial charge is 0.365 e. The Labute approximate surface area is 83.9 Å². The highest BCUT2D eigenvalue weighted by Crippen LogP contribution is 2.01. The normalized spacial score (nSPS) is 12.1. The van der Waals surface area contributed by atoms with Gasteiger partial charge in [-0.1, -0.05) is 30.3 Å². The zero-order valence-corrected chi connectivity index (χ0v) is 8.40. The SMILES string of the molecule is CCOC(=O)[C@@H]([NH3+])Cc1ccccc1. The number of esters is 1. The van der Waals surface area contributed by atoms with E-state index in [4.69, 9.17) is 4.74 Å². The summed E-state index contributed by atoms with van der Waals surface area (Å²) in [5.41, 5.74) is 4.89. The lowest BCUT2D eigenvalue weighted by atomic mass is 10.1. The van der Waals surface area contributed by atoms with E-state index in [0.717, 1.165) is 5.56 Å². The van der Waals surface area contributed by atoms with E-state index in [0.29, 0.717) is 13.0 Å². The van der Waals surface area contributed by atoms with Crippen LogP contribution in [0.2, 0.25) is 0 Å². The van der Waals surface area contributed by atoms with E-state index in [1.807, 2.05) is 30.3 Å². The number of ether oxygens (including phenoxy) is 1. The molecule has 0 amide bonds. The van der Waals surface area contributed by atoms with Crippen LogP contribution in [0.1, 0.15) is 12.5 Å². The van der Waals surface area contributed by atoms with Crippen molar-refractivity contribution in [3.8, 4) is 0 Å². The molecule has 1 rings (SSSR count). The Kier molecular flexibility index (Phi) is 4.13. The molecule has 0 aliphatic heterocycles. The fourth-order valence-electron chi connectivity index (χ4n) is 1.24. The number of carbonyl (C=O) groups is 1. The standard InChI is InChI=1S/C11H15NO2/c1-2-14-11(13)10(12)8-9-6-4-3-5-7-9/h3-7,10H,2,8,12H2,1H3/p+1/t10-/m0/s1. The van der Waals surface area contributed by atoms with Crippen LogP contribution in [0, 0.1) is 0 Å². The zero-order chi connectivity index (χ0) is 10.4. The van der Waals surface area contributed by atoms with Gasteiger partial charge in [0, 0.05) is 6.42 Å². The van der Waals surface area contributed by atoms with Gasteiger partial charge in [0.15, 0.2) is 6.04 Å². The summed E-state index contributed by atoms with van der Waals surface area (Å²) in [6.07, 6.45) is 0.639. The quantitative estimate of drug-likeness (QED) is 0.705. The molecular formula is C11H16NO2+. The summed E-state index contributed by atoms with van der Waals surface area (Å²) in [6.45, 7) is 2.22. The lowest BCUT2D eigenvalue weighted by Gasteiger charge is -2.07. The van der Waals surface area contributed by atoms with Crippen LogP contribution in [0.15, 0.2) is 30.3 Å². The van der Waals surface area contributed by atoms with Crippen molar-refractivity contribution in [1.82, 2.24) is 0 Å². The summed E-state index contributed by atoms with van der Waals surface area (Å²) >= 11 is 0. The maximum absolute atomic E-state index is 11.3. The predicted molar refractivity (Wildman–Crippen MR) is 53.5 cm³/mol. The van der Waals surface area contributed by atoms with Gasteiger partial charge in [-0.2, -0.15) is 0 Å². The van der Waals surface area contributed by atoms with Crippen LogP contribution in [-0.4, -0.2) is 18.6 Å². The first-order chi connectivity index (χ1) is 6.74. The second-order valence-electron chi connectivity index (χ2n) is 3.14. The van der Waals surface area contributed by atoms with Gasteiger partial charge < -0.3 is 10.5 Å². The van der Waals surface area contributed by atoms with Gasteiger partial charge in [0.2, 0.25) is 0 Å². The first-order valence-electron chi connectivity index (χ1n) is 4.77. The van der Waals surface area contributed by atoms with Gasteiger partial charge in [-0.25, -0.2) is 4.79 Å². The largest absolute Gasteiger partial charge is 0.462 e. The molecule has 0 saturated carbocycles. The molecule has 3 N–H and O–H groups in total. The highest BCUT2D eigenvalue weighted by molar-refractivity contribution is 5.74. The van der Waals surface area contributed by atoms with E-state index in [1.54, 1.807) is 6.92 Å². The predicted octanol–water partition coefficient (Wildman–Crippen LogP) is 0.403. The van der Waals surface area contributed by atoms with Crippen LogP contribution < -0.4 is 5.73 Å². The highest BCUT2D eigenvalue weighted by Gasteiger charge is 2.18. The van der Waals surface area contributed by atoms with Crippen molar-refractivity contribution in [2.75, 3.05) is 6.61 Å². The third kappa shape index (κ3) is 3.18. The first kappa shape index (κ1) is 10.7. The maximum atomic E-state index is 11.3. The number of carbonyl (C=O) groups excluding carboxylic acids is 1. The third-order valence-electron chi connectivity index (χ3n) is 1.94. The van der Waals surface area contributed by atoms with Crippen LogP contribution in [0.4, 0.5) is 0 Å². The Balaban J connectivity index is 2.49. The van der Waals surface area contributed by atoms with Crippen LogP contribution in [-0.2, 0) is 16.0 Å². The molecule has 1 aromatic carbocycles. The molecule has 3 nitrogen and oxygen atoms in total.